The van der Waals surface area contributed by atoms with Gasteiger partial charge in [-0.05, 0) is 58.6 Å². The van der Waals surface area contributed by atoms with E-state index in [4.69, 9.17) is 4.74 Å². The van der Waals surface area contributed by atoms with E-state index >= 15 is 0 Å². The molecule has 2 N–H and O–H groups in total. The molecule has 0 aliphatic carbocycles. The number of nitrogens with zero attached hydrogens (tertiary/aromatic N) is 2. The molecule has 10 nitrogen and oxygen atoms in total. The second kappa shape index (κ2) is 10.9. The Bertz CT molecular complexity index is 959. The maximum atomic E-state index is 13.0. The van der Waals surface area contributed by atoms with Crippen molar-refractivity contribution in [2.75, 3.05) is 26.2 Å². The van der Waals surface area contributed by atoms with Crippen LogP contribution in [0.5, 0.6) is 0 Å². The molecule has 10 heteroatoms. The molecule has 1 atom stereocenters. The number of carbonyl (C=O) groups is 5. The first-order valence-electron chi connectivity index (χ1n) is 12.0. The number of fused-ring (bicyclic) bond motifs is 1. The molecule has 1 aromatic rings. The van der Waals surface area contributed by atoms with Crippen molar-refractivity contribution in [2.45, 2.75) is 58.6 Å². The fraction of sp³-hybridized carbons (Fsp3) is 0.560. The normalized spacial score (nSPS) is 17.1. The number of carbonyl (C=O) groups excluding carboxylic acids is 5. The molecule has 0 aromatic heterocycles. The standard InChI is InChI=1S/C25H34N4O6/c1-16(29-22(32)18-7-5-6-8-19(18)23(29)33)21(31)28-13-10-17(11-14-28)15-27-20(30)9-12-26-24(34)35-25(2,3)4/h5-8,16-17H,9-15H2,1-4H3,(H,26,34)(H,27,30). The number of amides is 5. The second-order valence-corrected chi connectivity index (χ2v) is 9.95. The molecule has 0 spiro atoms. The minimum absolute atomic E-state index is 0.147. The number of imide groups is 1. The van der Waals surface area contributed by atoms with E-state index in [-0.39, 0.29) is 30.7 Å². The van der Waals surface area contributed by atoms with E-state index in [0.717, 1.165) is 4.90 Å². The lowest BCUT2D eigenvalue weighted by atomic mass is 9.96. The first-order valence-corrected chi connectivity index (χ1v) is 12.0. The van der Waals surface area contributed by atoms with Crippen LogP contribution in [0.15, 0.2) is 24.3 Å². The summed E-state index contributed by atoms with van der Waals surface area (Å²) in [5.74, 6) is -1.08. The number of hydrogen-bond acceptors (Lipinski definition) is 6. The van der Waals surface area contributed by atoms with Gasteiger partial charge in [0.25, 0.3) is 11.8 Å². The van der Waals surface area contributed by atoms with E-state index in [1.807, 2.05) is 0 Å². The molecule has 1 unspecified atom stereocenters. The Morgan fingerprint density at radius 2 is 1.60 bits per heavy atom. The summed E-state index contributed by atoms with van der Waals surface area (Å²) in [6.45, 7) is 8.54. The van der Waals surface area contributed by atoms with Crippen molar-refractivity contribution >= 4 is 29.7 Å². The van der Waals surface area contributed by atoms with Crippen LogP contribution in [0.3, 0.4) is 0 Å². The largest absolute Gasteiger partial charge is 0.444 e. The molecule has 3 rings (SSSR count). The second-order valence-electron chi connectivity index (χ2n) is 9.95. The van der Waals surface area contributed by atoms with Crippen molar-refractivity contribution in [1.82, 2.24) is 20.4 Å². The van der Waals surface area contributed by atoms with Crippen LogP contribution < -0.4 is 10.6 Å². The van der Waals surface area contributed by atoms with E-state index in [1.165, 1.54) is 0 Å². The van der Waals surface area contributed by atoms with Gasteiger partial charge in [-0.2, -0.15) is 0 Å². The summed E-state index contributed by atoms with van der Waals surface area (Å²) >= 11 is 0. The van der Waals surface area contributed by atoms with E-state index in [9.17, 15) is 24.0 Å². The van der Waals surface area contributed by atoms with E-state index in [1.54, 1.807) is 56.9 Å². The number of hydrogen-bond donors (Lipinski definition) is 2. The average Bonchev–Trinajstić information content (AvgIpc) is 3.06. The first-order chi connectivity index (χ1) is 16.5. The minimum Gasteiger partial charge on any atom is -0.444 e. The lowest BCUT2D eigenvalue weighted by Gasteiger charge is -2.35. The van der Waals surface area contributed by atoms with Crippen molar-refractivity contribution in [3.63, 3.8) is 0 Å². The molecule has 5 amide bonds. The summed E-state index contributed by atoms with van der Waals surface area (Å²) in [6, 6.07) is 5.71. The van der Waals surface area contributed by atoms with Crippen LogP contribution in [0.25, 0.3) is 0 Å². The van der Waals surface area contributed by atoms with Gasteiger partial charge in [-0.25, -0.2) is 4.79 Å². The van der Waals surface area contributed by atoms with Gasteiger partial charge in [0, 0.05) is 32.6 Å². The Morgan fingerprint density at radius 1 is 1.03 bits per heavy atom. The van der Waals surface area contributed by atoms with Gasteiger partial charge in [-0.3, -0.25) is 24.1 Å². The van der Waals surface area contributed by atoms with Gasteiger partial charge in [-0.15, -0.1) is 0 Å². The van der Waals surface area contributed by atoms with E-state index < -0.39 is 29.6 Å². The molecular weight excluding hydrogens is 452 g/mol. The van der Waals surface area contributed by atoms with Crippen LogP contribution in [0, 0.1) is 5.92 Å². The fourth-order valence-corrected chi connectivity index (χ4v) is 4.23. The molecule has 2 aliphatic rings. The van der Waals surface area contributed by atoms with Gasteiger partial charge in [0.2, 0.25) is 11.8 Å². The predicted octanol–water partition coefficient (Wildman–Crippen LogP) is 1.94. The highest BCUT2D eigenvalue weighted by Gasteiger charge is 2.42. The Kier molecular flexibility index (Phi) is 8.14. The van der Waals surface area contributed by atoms with Gasteiger partial charge in [0.05, 0.1) is 11.1 Å². The van der Waals surface area contributed by atoms with Crippen LogP contribution in [-0.4, -0.2) is 77.3 Å². The zero-order valence-corrected chi connectivity index (χ0v) is 20.8. The van der Waals surface area contributed by atoms with Gasteiger partial charge < -0.3 is 20.3 Å². The molecule has 0 radical (unpaired) electrons. The maximum absolute atomic E-state index is 13.0. The first kappa shape index (κ1) is 26.2. The molecular formula is C25H34N4O6. The predicted molar refractivity (Wildman–Crippen MR) is 128 cm³/mol. The number of rotatable bonds is 7. The van der Waals surface area contributed by atoms with E-state index in [2.05, 4.69) is 10.6 Å². The number of nitrogens with one attached hydrogen (secondary N) is 2. The topological polar surface area (TPSA) is 125 Å². The summed E-state index contributed by atoms with van der Waals surface area (Å²) in [5.41, 5.74) is 0.0612. The summed E-state index contributed by atoms with van der Waals surface area (Å²) in [4.78, 5) is 64.8. The van der Waals surface area contributed by atoms with Gasteiger partial charge in [0.1, 0.15) is 11.6 Å². The molecule has 2 heterocycles. The highest BCUT2D eigenvalue weighted by atomic mass is 16.6. The lowest BCUT2D eigenvalue weighted by molar-refractivity contribution is -0.136. The van der Waals surface area contributed by atoms with Crippen LogP contribution >= 0.6 is 0 Å². The summed E-state index contributed by atoms with van der Waals surface area (Å²) in [6.07, 6.45) is 1.00. The molecule has 1 aromatic carbocycles. The molecule has 35 heavy (non-hydrogen) atoms. The minimum atomic E-state index is -0.879. The zero-order chi connectivity index (χ0) is 25.8. The molecule has 0 saturated carbocycles. The summed E-state index contributed by atoms with van der Waals surface area (Å²) < 4.78 is 5.13. The monoisotopic (exact) mass is 486 g/mol. The van der Waals surface area contributed by atoms with Crippen molar-refractivity contribution in [2.24, 2.45) is 5.92 Å². The smallest absolute Gasteiger partial charge is 0.407 e. The summed E-state index contributed by atoms with van der Waals surface area (Å²) in [5, 5.41) is 5.43. The number of likely N-dealkylation sites (tertiary alicyclic amines) is 1. The number of piperidine rings is 1. The van der Waals surface area contributed by atoms with Crippen molar-refractivity contribution in [3.05, 3.63) is 35.4 Å². The molecule has 1 fully saturated rings. The van der Waals surface area contributed by atoms with Crippen LogP contribution in [0.4, 0.5) is 4.79 Å². The molecule has 1 saturated heterocycles. The SMILES string of the molecule is CC(C(=O)N1CCC(CNC(=O)CCNC(=O)OC(C)(C)C)CC1)N1C(=O)c2ccccc2C1=O. The Balaban J connectivity index is 1.39. The van der Waals surface area contributed by atoms with Crippen LogP contribution in [-0.2, 0) is 14.3 Å². The molecule has 2 aliphatic heterocycles. The third kappa shape index (κ3) is 6.58. The Morgan fingerprint density at radius 3 is 2.14 bits per heavy atom. The van der Waals surface area contributed by atoms with Gasteiger partial charge in [-0.1, -0.05) is 12.1 Å². The fourth-order valence-electron chi connectivity index (χ4n) is 4.23. The highest BCUT2D eigenvalue weighted by molar-refractivity contribution is 6.22. The Labute approximate surface area is 205 Å². The summed E-state index contributed by atoms with van der Waals surface area (Å²) in [7, 11) is 0. The number of benzene rings is 1. The third-order valence-electron chi connectivity index (χ3n) is 6.10. The third-order valence-corrected chi connectivity index (χ3v) is 6.10. The highest BCUT2D eigenvalue weighted by Crippen LogP contribution is 2.26. The Hall–Kier alpha value is -3.43. The van der Waals surface area contributed by atoms with Crippen molar-refractivity contribution in [1.29, 1.82) is 0 Å². The number of ether oxygens (including phenoxy) is 1. The van der Waals surface area contributed by atoms with Crippen LogP contribution in [0.1, 0.15) is 67.7 Å². The molecule has 190 valence electrons. The van der Waals surface area contributed by atoms with E-state index in [0.29, 0.717) is 43.6 Å². The van der Waals surface area contributed by atoms with Gasteiger partial charge in [0.15, 0.2) is 0 Å². The van der Waals surface area contributed by atoms with Gasteiger partial charge >= 0.3 is 6.09 Å². The maximum Gasteiger partial charge on any atom is 0.407 e. The quantitative estimate of drug-likeness (QED) is 0.568. The number of alkyl carbamates (subject to hydrolysis) is 1. The van der Waals surface area contributed by atoms with Crippen molar-refractivity contribution in [3.8, 4) is 0 Å². The van der Waals surface area contributed by atoms with Crippen molar-refractivity contribution < 1.29 is 28.7 Å². The zero-order valence-electron chi connectivity index (χ0n) is 20.8. The van der Waals surface area contributed by atoms with Crippen LogP contribution in [0.2, 0.25) is 0 Å². The lowest BCUT2D eigenvalue weighted by Crippen LogP contribution is -2.51. The average molecular weight is 487 g/mol. The molecule has 0 bridgehead atoms.